The highest BCUT2D eigenvalue weighted by molar-refractivity contribution is 5.90. The zero-order chi connectivity index (χ0) is 23.3. The van der Waals surface area contributed by atoms with Crippen molar-refractivity contribution in [1.82, 2.24) is 9.78 Å². The molecule has 0 bridgehead atoms. The maximum atomic E-state index is 13.6. The van der Waals surface area contributed by atoms with Crippen molar-refractivity contribution in [2.24, 2.45) is 11.3 Å². The fraction of sp³-hybridized carbons (Fsp3) is 0.333. The van der Waals surface area contributed by atoms with E-state index in [4.69, 9.17) is 9.84 Å². The number of carbonyl (C=O) groups excluding carboxylic acids is 1. The van der Waals surface area contributed by atoms with Crippen LogP contribution in [-0.2, 0) is 4.79 Å². The number of Topliss-reactive ketones (excluding diaryl/α,β-unsaturated/α-hetero) is 1. The number of ketones is 1. The van der Waals surface area contributed by atoms with E-state index < -0.39 is 0 Å². The standard InChI is InChI=1S/C27H28FN3O2/c1-5-33-22-9-7-6-8-19(22)24-23-16(2)30-31(18-12-10-17(28)11-13-18)26(23)29-20-14-27(3,4)15-21(32)25(20)24/h6-14,24-25,29H,5,15H2,1-4H3/t24-,25+/m0/s1. The zero-order valence-corrected chi connectivity index (χ0v) is 19.4. The van der Waals surface area contributed by atoms with E-state index >= 15 is 0 Å². The van der Waals surface area contributed by atoms with Gasteiger partial charge in [0.2, 0.25) is 0 Å². The lowest BCUT2D eigenvalue weighted by Gasteiger charge is -2.41. The number of allylic oxidation sites excluding steroid dienone is 2. The summed E-state index contributed by atoms with van der Waals surface area (Å²) < 4.78 is 21.4. The van der Waals surface area contributed by atoms with Crippen molar-refractivity contribution in [3.05, 3.63) is 82.9 Å². The second-order valence-electron chi connectivity index (χ2n) is 9.52. The number of ether oxygens (including phenoxy) is 1. The Morgan fingerprint density at radius 1 is 1.15 bits per heavy atom. The number of para-hydroxylation sites is 1. The number of fused-ring (bicyclic) bond motifs is 2. The maximum Gasteiger partial charge on any atom is 0.143 e. The molecule has 2 heterocycles. The van der Waals surface area contributed by atoms with Crippen molar-refractivity contribution in [2.45, 2.75) is 40.0 Å². The van der Waals surface area contributed by atoms with Crippen LogP contribution in [0.1, 0.15) is 49.9 Å². The summed E-state index contributed by atoms with van der Waals surface area (Å²) in [6, 6.07) is 14.2. The number of hydrogen-bond acceptors (Lipinski definition) is 4. The van der Waals surface area contributed by atoms with Gasteiger partial charge in [-0.05, 0) is 49.6 Å². The van der Waals surface area contributed by atoms with Crippen LogP contribution in [0.25, 0.3) is 5.69 Å². The molecule has 2 aromatic carbocycles. The van der Waals surface area contributed by atoms with E-state index in [0.29, 0.717) is 13.0 Å². The predicted octanol–water partition coefficient (Wildman–Crippen LogP) is 5.78. The molecule has 1 N–H and O–H groups in total. The molecule has 2 aliphatic rings. The minimum atomic E-state index is -0.336. The molecule has 1 aliphatic carbocycles. The summed E-state index contributed by atoms with van der Waals surface area (Å²) in [6.45, 7) is 8.62. The van der Waals surface area contributed by atoms with Crippen molar-refractivity contribution < 1.29 is 13.9 Å². The maximum absolute atomic E-state index is 13.6. The molecule has 0 amide bonds. The van der Waals surface area contributed by atoms with Crippen molar-refractivity contribution in [3.63, 3.8) is 0 Å². The molecule has 5 rings (SSSR count). The third kappa shape index (κ3) is 3.63. The summed E-state index contributed by atoms with van der Waals surface area (Å²) in [4.78, 5) is 13.5. The van der Waals surface area contributed by atoms with Gasteiger partial charge in [-0.1, -0.05) is 38.1 Å². The van der Waals surface area contributed by atoms with Crippen LogP contribution in [-0.4, -0.2) is 22.2 Å². The van der Waals surface area contributed by atoms with Gasteiger partial charge in [-0.3, -0.25) is 4.79 Å². The van der Waals surface area contributed by atoms with Crippen LogP contribution in [0.15, 0.2) is 60.3 Å². The second kappa shape index (κ2) is 7.87. The quantitative estimate of drug-likeness (QED) is 0.554. The van der Waals surface area contributed by atoms with E-state index in [1.165, 1.54) is 12.1 Å². The lowest BCUT2D eigenvalue weighted by atomic mass is 9.67. The molecule has 1 aromatic heterocycles. The van der Waals surface area contributed by atoms with Crippen molar-refractivity contribution in [1.29, 1.82) is 0 Å². The third-order valence-electron chi connectivity index (χ3n) is 6.50. The Kier molecular flexibility index (Phi) is 5.11. The summed E-state index contributed by atoms with van der Waals surface area (Å²) >= 11 is 0. The van der Waals surface area contributed by atoms with Crippen LogP contribution in [0.4, 0.5) is 10.2 Å². The summed E-state index contributed by atoms with van der Waals surface area (Å²) in [7, 11) is 0. The van der Waals surface area contributed by atoms with E-state index in [-0.39, 0.29) is 28.9 Å². The summed E-state index contributed by atoms with van der Waals surface area (Å²) in [6.07, 6.45) is 2.66. The second-order valence-corrected chi connectivity index (χ2v) is 9.52. The van der Waals surface area contributed by atoms with E-state index in [1.54, 1.807) is 12.1 Å². The topological polar surface area (TPSA) is 56.1 Å². The fourth-order valence-electron chi connectivity index (χ4n) is 5.24. The molecule has 0 fully saturated rings. The molecule has 0 radical (unpaired) electrons. The highest BCUT2D eigenvalue weighted by Crippen LogP contribution is 2.52. The largest absolute Gasteiger partial charge is 0.494 e. The van der Waals surface area contributed by atoms with Crippen molar-refractivity contribution in [3.8, 4) is 11.4 Å². The molecule has 0 spiro atoms. The summed E-state index contributed by atoms with van der Waals surface area (Å²) in [5.41, 5.74) is 4.19. The van der Waals surface area contributed by atoms with Crippen LogP contribution in [0.3, 0.4) is 0 Å². The Balaban J connectivity index is 1.77. The van der Waals surface area contributed by atoms with E-state index in [0.717, 1.165) is 39.8 Å². The number of hydrogen-bond donors (Lipinski definition) is 1. The average Bonchev–Trinajstić information content (AvgIpc) is 3.09. The molecular weight excluding hydrogens is 417 g/mol. The van der Waals surface area contributed by atoms with Crippen molar-refractivity contribution >= 4 is 11.6 Å². The van der Waals surface area contributed by atoms with Crippen LogP contribution in [0.5, 0.6) is 5.75 Å². The molecule has 6 heteroatoms. The van der Waals surface area contributed by atoms with Gasteiger partial charge in [-0.25, -0.2) is 9.07 Å². The predicted molar refractivity (Wildman–Crippen MR) is 126 cm³/mol. The van der Waals surface area contributed by atoms with Crippen LogP contribution < -0.4 is 10.1 Å². The number of halogens is 1. The van der Waals surface area contributed by atoms with Gasteiger partial charge >= 0.3 is 0 Å². The molecular formula is C27H28FN3O2. The molecule has 1 aliphatic heterocycles. The van der Waals surface area contributed by atoms with E-state index in [1.807, 2.05) is 42.8 Å². The number of nitrogens with one attached hydrogen (secondary N) is 1. The number of aromatic nitrogens is 2. The smallest absolute Gasteiger partial charge is 0.143 e. The number of nitrogens with zero attached hydrogens (tertiary/aromatic N) is 2. The van der Waals surface area contributed by atoms with Gasteiger partial charge in [0.15, 0.2) is 0 Å². The van der Waals surface area contributed by atoms with Crippen LogP contribution >= 0.6 is 0 Å². The molecule has 2 atom stereocenters. The number of benzene rings is 2. The Morgan fingerprint density at radius 3 is 2.61 bits per heavy atom. The fourth-order valence-corrected chi connectivity index (χ4v) is 5.24. The minimum Gasteiger partial charge on any atom is -0.494 e. The van der Waals surface area contributed by atoms with Gasteiger partial charge in [-0.2, -0.15) is 5.10 Å². The Morgan fingerprint density at radius 2 is 1.88 bits per heavy atom. The number of anilines is 1. The first-order chi connectivity index (χ1) is 15.8. The third-order valence-corrected chi connectivity index (χ3v) is 6.50. The SMILES string of the molecule is CCOc1ccccc1[C@H]1c2c(C)nn(-c3ccc(F)cc3)c2NC2=CC(C)(C)CC(=O)[C@@H]21. The highest BCUT2D eigenvalue weighted by atomic mass is 19.1. The van der Waals surface area contributed by atoms with E-state index in [2.05, 4.69) is 25.2 Å². The van der Waals surface area contributed by atoms with Gasteiger partial charge < -0.3 is 10.1 Å². The molecule has 5 nitrogen and oxygen atoms in total. The molecule has 0 unspecified atom stereocenters. The minimum absolute atomic E-state index is 0.209. The van der Waals surface area contributed by atoms with Gasteiger partial charge in [0.1, 0.15) is 23.2 Å². The molecule has 0 saturated carbocycles. The lowest BCUT2D eigenvalue weighted by Crippen LogP contribution is -2.39. The molecule has 33 heavy (non-hydrogen) atoms. The number of carbonyl (C=O) groups is 1. The summed E-state index contributed by atoms with van der Waals surface area (Å²) in [5, 5.41) is 8.36. The van der Waals surface area contributed by atoms with Gasteiger partial charge in [-0.15, -0.1) is 0 Å². The Hall–Kier alpha value is -3.41. The average molecular weight is 446 g/mol. The van der Waals surface area contributed by atoms with Crippen LogP contribution in [0, 0.1) is 24.1 Å². The molecule has 170 valence electrons. The van der Waals surface area contributed by atoms with Gasteiger partial charge in [0.25, 0.3) is 0 Å². The van der Waals surface area contributed by atoms with Gasteiger partial charge in [0.05, 0.1) is 23.9 Å². The Bertz CT molecular complexity index is 1260. The number of aryl methyl sites for hydroxylation is 1. The highest BCUT2D eigenvalue weighted by Gasteiger charge is 2.46. The van der Waals surface area contributed by atoms with E-state index in [9.17, 15) is 9.18 Å². The normalized spacial score (nSPS) is 21.0. The zero-order valence-electron chi connectivity index (χ0n) is 19.4. The lowest BCUT2D eigenvalue weighted by molar-refractivity contribution is -0.124. The molecule has 0 saturated heterocycles. The monoisotopic (exact) mass is 445 g/mol. The first-order valence-electron chi connectivity index (χ1n) is 11.4. The Labute approximate surface area is 193 Å². The van der Waals surface area contributed by atoms with Crippen molar-refractivity contribution in [2.75, 3.05) is 11.9 Å². The van der Waals surface area contributed by atoms with Gasteiger partial charge in [0, 0.05) is 29.2 Å². The first-order valence-corrected chi connectivity index (χ1v) is 11.4. The first kappa shape index (κ1) is 21.4. The summed E-state index contributed by atoms with van der Waals surface area (Å²) in [5.74, 6) is 0.938. The molecule has 3 aromatic rings. The number of rotatable bonds is 4. The van der Waals surface area contributed by atoms with Crippen LogP contribution in [0.2, 0.25) is 0 Å².